The van der Waals surface area contributed by atoms with Gasteiger partial charge in [0, 0.05) is 37.4 Å². The number of halogens is 2. The quantitative estimate of drug-likeness (QED) is 0.377. The molecule has 3 fully saturated rings. The van der Waals surface area contributed by atoms with Crippen LogP contribution in [-0.2, 0) is 11.2 Å². The molecule has 9 nitrogen and oxygen atoms in total. The highest BCUT2D eigenvalue weighted by Gasteiger charge is 2.46. The number of likely N-dealkylation sites (N-methyl/N-ethyl adjacent to an activating group) is 1. The van der Waals surface area contributed by atoms with Gasteiger partial charge < -0.3 is 19.4 Å². The molecule has 2 aliphatic carbocycles. The molecule has 2 aromatic heterocycles. The standard InChI is InChI=1S/C32H33F2N7O2/c1-18(33)31(42)41-12-11-40(16-21(41)8-9-35)30-25-15-36-28(23-7-3-5-19-13-20-14-24(20)26(19)23)27(34)29(25)37-32(38-30)43-17-22-6-4-10-39(22)2/h3,5,7,15,20-22,24H,1,4,6,8,10-14,16-17H2,2H3/t20-,21?,22?,24+/m0/s1. The molecule has 7 rings (SSSR count). The number of pyridine rings is 1. The number of rotatable bonds is 7. The summed E-state index contributed by atoms with van der Waals surface area (Å²) in [6.45, 7) is 5.13. The van der Waals surface area contributed by atoms with Crippen molar-refractivity contribution in [1.29, 1.82) is 5.26 Å². The van der Waals surface area contributed by atoms with E-state index in [9.17, 15) is 14.4 Å². The van der Waals surface area contributed by atoms with Gasteiger partial charge in [-0.3, -0.25) is 9.78 Å². The highest BCUT2D eigenvalue weighted by Crippen LogP contribution is 2.58. The number of nitrogens with zero attached hydrogens (tertiary/aromatic N) is 7. The van der Waals surface area contributed by atoms with Crippen LogP contribution in [0.15, 0.2) is 36.8 Å². The minimum absolute atomic E-state index is 0.00601. The van der Waals surface area contributed by atoms with E-state index in [0.717, 1.165) is 37.8 Å². The molecule has 222 valence electrons. The Bertz CT molecular complexity index is 1670. The molecular formula is C32H33F2N7O2. The number of aromatic nitrogens is 3. The van der Waals surface area contributed by atoms with E-state index < -0.39 is 23.6 Å². The first-order valence-electron chi connectivity index (χ1n) is 14.9. The Morgan fingerprint density at radius 3 is 2.86 bits per heavy atom. The first-order valence-corrected chi connectivity index (χ1v) is 14.9. The van der Waals surface area contributed by atoms with Gasteiger partial charge in [-0.15, -0.1) is 0 Å². The van der Waals surface area contributed by atoms with Crippen molar-refractivity contribution in [2.24, 2.45) is 5.92 Å². The van der Waals surface area contributed by atoms with Gasteiger partial charge in [0.1, 0.15) is 23.6 Å². The summed E-state index contributed by atoms with van der Waals surface area (Å²) in [7, 11) is 2.05. The summed E-state index contributed by atoms with van der Waals surface area (Å²) in [4.78, 5) is 31.8. The summed E-state index contributed by atoms with van der Waals surface area (Å²) in [5, 5.41) is 9.87. The maximum atomic E-state index is 16.6. The van der Waals surface area contributed by atoms with Gasteiger partial charge in [-0.05, 0) is 62.2 Å². The number of anilines is 1. The SMILES string of the molecule is C=C(F)C(=O)N1CCN(c2nc(OCC3CCCN3C)nc3c(F)c(-c4cccc5c4[C@@H]4C[C@@H]4C5)ncc23)CC1CC#N. The van der Waals surface area contributed by atoms with Crippen LogP contribution in [0.25, 0.3) is 22.2 Å². The van der Waals surface area contributed by atoms with Gasteiger partial charge in [-0.1, -0.05) is 24.8 Å². The predicted octanol–water partition coefficient (Wildman–Crippen LogP) is 4.38. The van der Waals surface area contributed by atoms with Crippen molar-refractivity contribution in [3.63, 3.8) is 0 Å². The third-order valence-corrected chi connectivity index (χ3v) is 9.55. The fourth-order valence-corrected chi connectivity index (χ4v) is 7.17. The lowest BCUT2D eigenvalue weighted by Gasteiger charge is -2.41. The molecule has 11 heteroatoms. The number of benzene rings is 1. The largest absolute Gasteiger partial charge is 0.462 e. The van der Waals surface area contributed by atoms with Crippen LogP contribution in [0.1, 0.15) is 42.7 Å². The maximum absolute atomic E-state index is 16.6. The van der Waals surface area contributed by atoms with Gasteiger partial charge in [0.25, 0.3) is 5.91 Å². The highest BCUT2D eigenvalue weighted by molar-refractivity contribution is 5.93. The molecule has 0 spiro atoms. The van der Waals surface area contributed by atoms with Crippen molar-refractivity contribution >= 4 is 22.6 Å². The van der Waals surface area contributed by atoms with Crippen molar-refractivity contribution in [2.75, 3.05) is 44.7 Å². The molecule has 2 aliphatic heterocycles. The second kappa shape index (κ2) is 10.8. The van der Waals surface area contributed by atoms with Gasteiger partial charge in [-0.2, -0.15) is 15.2 Å². The van der Waals surface area contributed by atoms with Crippen LogP contribution in [0.2, 0.25) is 0 Å². The second-order valence-corrected chi connectivity index (χ2v) is 12.2. The summed E-state index contributed by atoms with van der Waals surface area (Å²) in [6, 6.07) is 7.79. The van der Waals surface area contributed by atoms with Gasteiger partial charge >= 0.3 is 6.01 Å². The van der Waals surface area contributed by atoms with Gasteiger partial charge in [0.05, 0.1) is 23.9 Å². The van der Waals surface area contributed by atoms with Crippen LogP contribution >= 0.6 is 0 Å². The summed E-state index contributed by atoms with van der Waals surface area (Å²) in [6.07, 6.45) is 5.83. The van der Waals surface area contributed by atoms with E-state index in [1.807, 2.05) is 17.0 Å². The van der Waals surface area contributed by atoms with Gasteiger partial charge in [0.2, 0.25) is 0 Å². The minimum atomic E-state index is -1.07. The molecule has 43 heavy (non-hydrogen) atoms. The molecular weight excluding hydrogens is 552 g/mol. The third-order valence-electron chi connectivity index (χ3n) is 9.55. The van der Waals surface area contributed by atoms with E-state index in [1.54, 1.807) is 6.20 Å². The number of carbonyl (C=O) groups is 1. The zero-order valence-electron chi connectivity index (χ0n) is 24.1. The molecule has 4 aliphatic rings. The Labute approximate surface area is 248 Å². The number of nitriles is 1. The minimum Gasteiger partial charge on any atom is -0.462 e. The summed E-state index contributed by atoms with van der Waals surface area (Å²) in [5.41, 5.74) is 3.65. The average molecular weight is 586 g/mol. The van der Waals surface area contributed by atoms with Crippen LogP contribution in [0, 0.1) is 23.1 Å². The van der Waals surface area contributed by atoms with E-state index in [0.29, 0.717) is 29.6 Å². The van der Waals surface area contributed by atoms with Crippen molar-refractivity contribution in [2.45, 2.75) is 50.1 Å². The van der Waals surface area contributed by atoms with Crippen molar-refractivity contribution in [3.8, 4) is 23.3 Å². The molecule has 3 aromatic rings. The molecule has 0 bridgehead atoms. The fourth-order valence-electron chi connectivity index (χ4n) is 7.17. The molecule has 0 radical (unpaired) electrons. The van der Waals surface area contributed by atoms with E-state index >= 15 is 4.39 Å². The normalized spacial score (nSPS) is 24.5. The maximum Gasteiger partial charge on any atom is 0.319 e. The van der Waals surface area contributed by atoms with Gasteiger partial charge in [-0.25, -0.2) is 8.78 Å². The highest BCUT2D eigenvalue weighted by atomic mass is 19.1. The summed E-state index contributed by atoms with van der Waals surface area (Å²) >= 11 is 0. The zero-order valence-corrected chi connectivity index (χ0v) is 24.1. The van der Waals surface area contributed by atoms with Crippen molar-refractivity contribution in [3.05, 3.63) is 53.7 Å². The average Bonchev–Trinajstić information content (AvgIpc) is 3.48. The smallest absolute Gasteiger partial charge is 0.319 e. The lowest BCUT2D eigenvalue weighted by molar-refractivity contribution is -0.131. The van der Waals surface area contributed by atoms with Crippen LogP contribution in [0.4, 0.5) is 14.6 Å². The van der Waals surface area contributed by atoms with E-state index in [4.69, 9.17) is 9.72 Å². The van der Waals surface area contributed by atoms with E-state index in [2.05, 4.69) is 40.6 Å². The topological polar surface area (TPSA) is 98.5 Å². The Morgan fingerprint density at radius 2 is 2.09 bits per heavy atom. The monoisotopic (exact) mass is 585 g/mol. The van der Waals surface area contributed by atoms with Crippen LogP contribution in [0.5, 0.6) is 6.01 Å². The van der Waals surface area contributed by atoms with Crippen LogP contribution < -0.4 is 9.64 Å². The molecule has 2 unspecified atom stereocenters. The van der Waals surface area contributed by atoms with Crippen molar-refractivity contribution < 1.29 is 18.3 Å². The van der Waals surface area contributed by atoms with E-state index in [1.165, 1.54) is 16.0 Å². The fraction of sp³-hybridized carbons (Fsp3) is 0.469. The second-order valence-electron chi connectivity index (χ2n) is 12.2. The molecule has 2 saturated heterocycles. The Hall–Kier alpha value is -4.17. The van der Waals surface area contributed by atoms with Crippen molar-refractivity contribution in [1.82, 2.24) is 24.8 Å². The predicted molar refractivity (Wildman–Crippen MR) is 157 cm³/mol. The lowest BCUT2D eigenvalue weighted by atomic mass is 9.96. The Kier molecular flexibility index (Phi) is 6.96. The number of likely N-dealkylation sites (tertiary alicyclic amines) is 1. The zero-order chi connectivity index (χ0) is 29.8. The molecule has 0 N–H and O–H groups in total. The lowest BCUT2D eigenvalue weighted by Crippen LogP contribution is -2.55. The molecule has 1 amide bonds. The number of fused-ring (bicyclic) bond motifs is 4. The summed E-state index contributed by atoms with van der Waals surface area (Å²) < 4.78 is 36.4. The number of hydrogen-bond donors (Lipinski definition) is 0. The van der Waals surface area contributed by atoms with Crippen LogP contribution in [-0.4, -0.2) is 82.6 Å². The number of amides is 1. The number of ether oxygens (including phenoxy) is 1. The van der Waals surface area contributed by atoms with E-state index in [-0.39, 0.29) is 49.3 Å². The summed E-state index contributed by atoms with van der Waals surface area (Å²) in [5.74, 6) is -0.917. The molecule has 4 atom stereocenters. The Balaban J connectivity index is 1.29. The molecule has 4 heterocycles. The molecule has 1 aromatic carbocycles. The van der Waals surface area contributed by atoms with Crippen LogP contribution in [0.3, 0.4) is 0 Å². The number of carbonyl (C=O) groups excluding carboxylic acids is 1. The first kappa shape index (κ1) is 27.7. The van der Waals surface area contributed by atoms with Gasteiger partial charge in [0.15, 0.2) is 11.6 Å². The number of piperazine rings is 1. The number of hydrogen-bond acceptors (Lipinski definition) is 8. The first-order chi connectivity index (χ1) is 20.8. The molecule has 1 saturated carbocycles. The Morgan fingerprint density at radius 1 is 1.23 bits per heavy atom. The third kappa shape index (κ3) is 4.87.